The average molecular weight is 415 g/mol. The first kappa shape index (κ1) is 20.7. The van der Waals surface area contributed by atoms with Gasteiger partial charge in [-0.3, -0.25) is 4.79 Å². The Hall–Kier alpha value is -0.630. The molecular formula is C18H22O3S4. The molecule has 0 saturated carbocycles. The molecule has 1 N–H and O–H groups in total. The van der Waals surface area contributed by atoms with Gasteiger partial charge in [0.05, 0.1) is 4.20 Å². The molecule has 25 heavy (non-hydrogen) atoms. The van der Waals surface area contributed by atoms with Crippen LogP contribution in [0.1, 0.15) is 37.7 Å². The smallest absolute Gasteiger partial charge is 0.311 e. The molecule has 3 nitrogen and oxygen atoms in total. The molecule has 1 aliphatic heterocycles. The number of thioether (sulfide) groups is 1. The Morgan fingerprint density at radius 3 is 2.80 bits per heavy atom. The molecule has 0 bridgehead atoms. The average Bonchev–Trinajstić information content (AvgIpc) is 3.12. The predicted octanol–water partition coefficient (Wildman–Crippen LogP) is 5.90. The first-order valence-corrected chi connectivity index (χ1v) is 12.2. The number of rotatable bonds is 8. The van der Waals surface area contributed by atoms with Gasteiger partial charge in [-0.2, -0.15) is 0 Å². The molecule has 2 rings (SSSR count). The maximum Gasteiger partial charge on any atom is 0.311 e. The quantitative estimate of drug-likeness (QED) is 0.108. The van der Waals surface area contributed by atoms with E-state index in [9.17, 15) is 9.90 Å². The normalized spacial score (nSPS) is 17.5. The van der Waals surface area contributed by atoms with Crippen LogP contribution in [0.2, 0.25) is 0 Å². The van der Waals surface area contributed by atoms with E-state index >= 15 is 0 Å². The Balaban J connectivity index is 1.73. The van der Waals surface area contributed by atoms with E-state index < -0.39 is 0 Å². The number of thiocarbonyl (C=S) groups is 1. The molecule has 0 spiro atoms. The highest BCUT2D eigenvalue weighted by Crippen LogP contribution is 2.39. The number of carbonyl (C=O) groups is 1. The Kier molecular flexibility index (Phi) is 9.23. The van der Waals surface area contributed by atoms with Gasteiger partial charge in [-0.1, -0.05) is 40.2 Å². The molecule has 1 aliphatic rings. The number of benzene rings is 1. The van der Waals surface area contributed by atoms with Gasteiger partial charge >= 0.3 is 5.97 Å². The van der Waals surface area contributed by atoms with Gasteiger partial charge in [0, 0.05) is 29.1 Å². The molecular weight excluding hydrogens is 392 g/mol. The summed E-state index contributed by atoms with van der Waals surface area (Å²) in [5.74, 6) is 1.66. The van der Waals surface area contributed by atoms with E-state index in [1.54, 1.807) is 30.3 Å². The van der Waals surface area contributed by atoms with Crippen LogP contribution in [-0.2, 0) is 4.79 Å². The van der Waals surface area contributed by atoms with Crippen LogP contribution in [-0.4, -0.2) is 32.5 Å². The number of unbranched alkanes of at least 4 members (excludes halogenated alkanes) is 1. The number of hydrogen-bond acceptors (Lipinski definition) is 7. The molecule has 0 radical (unpaired) electrons. The SMILES string of the molecule is CSC(=S)/C=C(\O)c1ccc(OC(=O)CCCCC2CCSS2)cc1. The lowest BCUT2D eigenvalue weighted by Crippen LogP contribution is -2.08. The highest BCUT2D eigenvalue weighted by Gasteiger charge is 2.16. The number of aliphatic hydroxyl groups is 1. The van der Waals surface area contributed by atoms with Gasteiger partial charge in [0.2, 0.25) is 0 Å². The molecule has 136 valence electrons. The summed E-state index contributed by atoms with van der Waals surface area (Å²) in [5.41, 5.74) is 0.642. The molecule has 1 fully saturated rings. The van der Waals surface area contributed by atoms with E-state index in [1.807, 2.05) is 27.8 Å². The van der Waals surface area contributed by atoms with E-state index in [2.05, 4.69) is 0 Å². The summed E-state index contributed by atoms with van der Waals surface area (Å²) in [7, 11) is 3.93. The van der Waals surface area contributed by atoms with Crippen molar-refractivity contribution in [2.75, 3.05) is 12.0 Å². The zero-order chi connectivity index (χ0) is 18.1. The second-order valence-electron chi connectivity index (χ2n) is 5.63. The summed E-state index contributed by atoms with van der Waals surface area (Å²) >= 11 is 6.45. The lowest BCUT2D eigenvalue weighted by molar-refractivity contribution is -0.134. The van der Waals surface area contributed by atoms with Crippen LogP contribution in [0.3, 0.4) is 0 Å². The predicted molar refractivity (Wildman–Crippen MR) is 116 cm³/mol. The number of esters is 1. The largest absolute Gasteiger partial charge is 0.507 e. The van der Waals surface area contributed by atoms with E-state index in [-0.39, 0.29) is 11.7 Å². The van der Waals surface area contributed by atoms with E-state index in [0.29, 0.717) is 21.9 Å². The number of hydrogen-bond donors (Lipinski definition) is 1. The van der Waals surface area contributed by atoms with Crippen molar-refractivity contribution < 1.29 is 14.6 Å². The van der Waals surface area contributed by atoms with Crippen LogP contribution in [0, 0.1) is 0 Å². The maximum absolute atomic E-state index is 11.9. The third kappa shape index (κ3) is 7.64. The summed E-state index contributed by atoms with van der Waals surface area (Å²) in [6, 6.07) is 6.80. The highest BCUT2D eigenvalue weighted by atomic mass is 33.1. The van der Waals surface area contributed by atoms with Gasteiger partial charge in [0.25, 0.3) is 0 Å². The molecule has 7 heteroatoms. The van der Waals surface area contributed by atoms with Crippen LogP contribution < -0.4 is 4.74 Å². The fourth-order valence-electron chi connectivity index (χ4n) is 2.34. The van der Waals surface area contributed by atoms with Crippen molar-refractivity contribution >= 4 is 61.5 Å². The molecule has 0 aromatic heterocycles. The minimum absolute atomic E-state index is 0.111. The number of aliphatic hydroxyl groups excluding tert-OH is 1. The van der Waals surface area contributed by atoms with Crippen LogP contribution in [0.5, 0.6) is 5.75 Å². The highest BCUT2D eigenvalue weighted by molar-refractivity contribution is 8.77. The third-order valence-corrected chi connectivity index (χ3v) is 7.87. The summed E-state index contributed by atoms with van der Waals surface area (Å²) in [4.78, 5) is 11.9. The summed E-state index contributed by atoms with van der Waals surface area (Å²) in [6.45, 7) is 0. The lowest BCUT2D eigenvalue weighted by Gasteiger charge is -2.07. The van der Waals surface area contributed by atoms with Crippen LogP contribution in [0.25, 0.3) is 5.76 Å². The van der Waals surface area contributed by atoms with Crippen LogP contribution >= 0.6 is 45.6 Å². The monoisotopic (exact) mass is 414 g/mol. The van der Waals surface area contributed by atoms with Gasteiger partial charge in [0.1, 0.15) is 11.5 Å². The maximum atomic E-state index is 11.9. The van der Waals surface area contributed by atoms with Crippen molar-refractivity contribution in [3.05, 3.63) is 35.9 Å². The van der Waals surface area contributed by atoms with Crippen LogP contribution in [0.15, 0.2) is 30.3 Å². The fraction of sp³-hybridized carbons (Fsp3) is 0.444. The van der Waals surface area contributed by atoms with Crippen molar-refractivity contribution in [1.29, 1.82) is 0 Å². The van der Waals surface area contributed by atoms with E-state index in [0.717, 1.165) is 18.1 Å². The molecule has 0 aliphatic carbocycles. The molecule has 0 amide bonds. The first-order chi connectivity index (χ1) is 12.1. The van der Waals surface area contributed by atoms with Crippen molar-refractivity contribution in [3.63, 3.8) is 0 Å². The summed E-state index contributed by atoms with van der Waals surface area (Å²) < 4.78 is 5.96. The van der Waals surface area contributed by atoms with E-state index in [4.69, 9.17) is 17.0 Å². The zero-order valence-electron chi connectivity index (χ0n) is 14.1. The molecule has 1 aromatic carbocycles. The standard InChI is InChI=1S/C18H22O3S4/c1-23-18(22)12-16(19)13-6-8-14(9-7-13)21-17(20)5-3-2-4-15-10-11-24-25-15/h6-9,12,15,19H,2-5,10-11H2,1H3/b16-12-. The zero-order valence-corrected chi connectivity index (χ0v) is 17.4. The Morgan fingerprint density at radius 1 is 1.40 bits per heavy atom. The molecule has 1 unspecified atom stereocenters. The Morgan fingerprint density at radius 2 is 2.16 bits per heavy atom. The van der Waals surface area contributed by atoms with Crippen molar-refractivity contribution in [1.82, 2.24) is 0 Å². The summed E-state index contributed by atoms with van der Waals surface area (Å²) in [5, 5.41) is 10.7. The summed E-state index contributed by atoms with van der Waals surface area (Å²) in [6.07, 6.45) is 8.26. The van der Waals surface area contributed by atoms with E-state index in [1.165, 1.54) is 30.4 Å². The number of carbonyl (C=O) groups excluding carboxylic acids is 1. The van der Waals surface area contributed by atoms with Gasteiger partial charge in [-0.05, 0) is 49.8 Å². The van der Waals surface area contributed by atoms with Crippen molar-refractivity contribution in [3.8, 4) is 5.75 Å². The second kappa shape index (κ2) is 11.2. The second-order valence-corrected chi connectivity index (χ2v) is 9.96. The Bertz CT molecular complexity index is 607. The fourth-order valence-corrected chi connectivity index (χ4v) is 5.70. The van der Waals surface area contributed by atoms with Crippen molar-refractivity contribution in [2.24, 2.45) is 0 Å². The van der Waals surface area contributed by atoms with Gasteiger partial charge < -0.3 is 9.84 Å². The number of ether oxygens (including phenoxy) is 1. The Labute approximate surface area is 166 Å². The molecule has 1 aromatic rings. The van der Waals surface area contributed by atoms with Gasteiger partial charge in [0.15, 0.2) is 0 Å². The minimum atomic E-state index is -0.204. The first-order valence-electron chi connectivity index (χ1n) is 8.16. The lowest BCUT2D eigenvalue weighted by atomic mass is 10.1. The topological polar surface area (TPSA) is 46.5 Å². The van der Waals surface area contributed by atoms with Gasteiger partial charge in [-0.25, -0.2) is 0 Å². The molecule has 1 saturated heterocycles. The third-order valence-electron chi connectivity index (χ3n) is 3.72. The molecule has 1 atom stereocenters. The van der Waals surface area contributed by atoms with Crippen molar-refractivity contribution in [2.45, 2.75) is 37.4 Å². The van der Waals surface area contributed by atoms with Crippen LogP contribution in [0.4, 0.5) is 0 Å². The minimum Gasteiger partial charge on any atom is -0.507 e. The van der Waals surface area contributed by atoms with Gasteiger partial charge in [-0.15, -0.1) is 11.8 Å². The molecule has 1 heterocycles.